The van der Waals surface area contributed by atoms with Crippen molar-refractivity contribution in [3.8, 4) is 0 Å². The van der Waals surface area contributed by atoms with Crippen LogP contribution in [0.1, 0.15) is 26.5 Å². The van der Waals surface area contributed by atoms with Gasteiger partial charge in [-0.05, 0) is 24.3 Å². The summed E-state index contributed by atoms with van der Waals surface area (Å²) in [5.74, 6) is -1.13. The van der Waals surface area contributed by atoms with Gasteiger partial charge < -0.3 is 9.30 Å². The predicted octanol–water partition coefficient (Wildman–Crippen LogP) is 2.57. The smallest absolute Gasteiger partial charge is 0.417 e. The number of methoxy groups -OCH3 is 1. The van der Waals surface area contributed by atoms with Crippen molar-refractivity contribution in [2.24, 2.45) is 0 Å². The Morgan fingerprint density at radius 1 is 1.27 bits per heavy atom. The molecule has 2 rings (SSSR count). The molecular weight excluding hydrogens is 301 g/mol. The van der Waals surface area contributed by atoms with Gasteiger partial charge in [-0.2, -0.15) is 13.2 Å². The van der Waals surface area contributed by atoms with Crippen LogP contribution in [0, 0.1) is 0 Å². The van der Waals surface area contributed by atoms with Gasteiger partial charge in [0.1, 0.15) is 11.4 Å². The molecule has 0 fully saturated rings. The van der Waals surface area contributed by atoms with Crippen molar-refractivity contribution in [1.29, 1.82) is 0 Å². The molecule has 0 aliphatic rings. The second-order valence-electron chi connectivity index (χ2n) is 4.37. The summed E-state index contributed by atoms with van der Waals surface area (Å²) in [5, 5.41) is 0. The second kappa shape index (κ2) is 6.00. The Morgan fingerprint density at radius 2 is 2.00 bits per heavy atom. The van der Waals surface area contributed by atoms with Gasteiger partial charge in [0.2, 0.25) is 5.78 Å². The zero-order valence-electron chi connectivity index (χ0n) is 11.4. The molecule has 0 aromatic carbocycles. The minimum absolute atomic E-state index is 0.113. The van der Waals surface area contributed by atoms with Crippen LogP contribution in [0.3, 0.4) is 0 Å². The highest BCUT2D eigenvalue weighted by molar-refractivity contribution is 5.95. The summed E-state index contributed by atoms with van der Waals surface area (Å²) < 4.78 is 43.2. The van der Waals surface area contributed by atoms with E-state index in [2.05, 4.69) is 9.72 Å². The fourth-order valence-corrected chi connectivity index (χ4v) is 1.80. The van der Waals surface area contributed by atoms with Crippen LogP contribution in [0.2, 0.25) is 0 Å². The molecular formula is C14H11F3N2O3. The minimum atomic E-state index is -4.51. The number of ketones is 1. The van der Waals surface area contributed by atoms with Crippen LogP contribution >= 0.6 is 0 Å². The van der Waals surface area contributed by atoms with E-state index in [1.54, 1.807) is 6.07 Å². The van der Waals surface area contributed by atoms with E-state index in [-0.39, 0.29) is 17.9 Å². The maximum Gasteiger partial charge on any atom is 0.417 e. The van der Waals surface area contributed by atoms with Gasteiger partial charge in [-0.1, -0.05) is 0 Å². The molecule has 0 atom stereocenters. The number of carbonyl (C=O) groups is 2. The number of rotatable bonds is 4. The second-order valence-corrected chi connectivity index (χ2v) is 4.37. The molecule has 0 bridgehead atoms. The monoisotopic (exact) mass is 312 g/mol. The first-order valence-electron chi connectivity index (χ1n) is 6.13. The van der Waals surface area contributed by atoms with Crippen LogP contribution in [-0.2, 0) is 17.5 Å². The molecule has 8 heteroatoms. The summed E-state index contributed by atoms with van der Waals surface area (Å²) in [6.07, 6.45) is -2.41. The van der Waals surface area contributed by atoms with Gasteiger partial charge in [-0.15, -0.1) is 0 Å². The fourth-order valence-electron chi connectivity index (χ4n) is 1.80. The van der Waals surface area contributed by atoms with E-state index in [0.29, 0.717) is 6.20 Å². The molecule has 0 radical (unpaired) electrons. The van der Waals surface area contributed by atoms with Crippen molar-refractivity contribution in [2.45, 2.75) is 12.7 Å². The number of ether oxygens (including phenoxy) is 1. The van der Waals surface area contributed by atoms with E-state index < -0.39 is 23.5 Å². The lowest BCUT2D eigenvalue weighted by Crippen LogP contribution is -2.17. The van der Waals surface area contributed by atoms with E-state index in [0.717, 1.165) is 12.1 Å². The van der Waals surface area contributed by atoms with E-state index in [1.165, 1.54) is 23.9 Å². The lowest BCUT2D eigenvalue weighted by Gasteiger charge is -2.08. The van der Waals surface area contributed by atoms with Crippen molar-refractivity contribution >= 4 is 11.8 Å². The number of halogens is 3. The molecule has 0 aliphatic carbocycles. The fraction of sp³-hybridized carbons (Fsp3) is 0.214. The molecule has 2 heterocycles. The third-order valence-corrected chi connectivity index (χ3v) is 2.91. The molecule has 0 saturated heterocycles. The lowest BCUT2D eigenvalue weighted by molar-refractivity contribution is -0.137. The van der Waals surface area contributed by atoms with E-state index >= 15 is 0 Å². The number of aromatic nitrogens is 2. The number of carbonyl (C=O) groups excluding carboxylic acids is 2. The Balaban J connectivity index is 2.16. The molecule has 2 aromatic rings. The molecule has 0 saturated carbocycles. The number of pyridine rings is 1. The summed E-state index contributed by atoms with van der Waals surface area (Å²) in [4.78, 5) is 27.0. The third-order valence-electron chi connectivity index (χ3n) is 2.91. The molecule has 0 unspecified atom stereocenters. The molecule has 2 aromatic heterocycles. The first kappa shape index (κ1) is 15.7. The predicted molar refractivity (Wildman–Crippen MR) is 69.3 cm³/mol. The Hall–Kier alpha value is -2.64. The normalized spacial score (nSPS) is 11.3. The van der Waals surface area contributed by atoms with E-state index in [1.807, 2.05) is 0 Å². The molecule has 116 valence electrons. The first-order chi connectivity index (χ1) is 10.3. The van der Waals surface area contributed by atoms with Crippen molar-refractivity contribution in [3.63, 3.8) is 0 Å². The summed E-state index contributed by atoms with van der Waals surface area (Å²) in [7, 11) is 1.21. The Kier molecular flexibility index (Phi) is 4.30. The largest absolute Gasteiger partial charge is 0.464 e. The standard InChI is InChI=1S/C14H11F3N2O3/c1-22-13(21)11-3-2-6-19(11)8-12(20)10-5-4-9(7-18-10)14(15,16)17/h2-7H,8H2,1H3. The van der Waals surface area contributed by atoms with Crippen LogP contribution in [0.25, 0.3) is 0 Å². The van der Waals surface area contributed by atoms with Gasteiger partial charge in [0.05, 0.1) is 19.2 Å². The number of hydrogen-bond donors (Lipinski definition) is 0. The number of esters is 1. The van der Waals surface area contributed by atoms with Gasteiger partial charge in [0.25, 0.3) is 0 Å². The Labute approximate surface area is 123 Å². The summed E-state index contributed by atoms with van der Waals surface area (Å²) in [6.45, 7) is -0.226. The molecule has 22 heavy (non-hydrogen) atoms. The average Bonchev–Trinajstić information content (AvgIpc) is 2.93. The molecule has 0 N–H and O–H groups in total. The van der Waals surface area contributed by atoms with Crippen molar-refractivity contribution < 1.29 is 27.5 Å². The first-order valence-corrected chi connectivity index (χ1v) is 6.13. The average molecular weight is 312 g/mol. The molecule has 0 aliphatic heterocycles. The maximum atomic E-state index is 12.4. The van der Waals surface area contributed by atoms with Crippen LogP contribution in [-0.4, -0.2) is 28.4 Å². The third kappa shape index (κ3) is 3.33. The topological polar surface area (TPSA) is 61.2 Å². The van der Waals surface area contributed by atoms with Crippen LogP contribution in [0.5, 0.6) is 0 Å². The Morgan fingerprint density at radius 3 is 2.55 bits per heavy atom. The van der Waals surface area contributed by atoms with Gasteiger partial charge in [-0.25, -0.2) is 4.79 Å². The minimum Gasteiger partial charge on any atom is -0.464 e. The van der Waals surface area contributed by atoms with Crippen molar-refractivity contribution in [3.05, 3.63) is 53.6 Å². The number of nitrogens with zero attached hydrogens (tertiary/aromatic N) is 2. The SMILES string of the molecule is COC(=O)c1cccn1CC(=O)c1ccc(C(F)(F)F)cn1. The highest BCUT2D eigenvalue weighted by Crippen LogP contribution is 2.28. The highest BCUT2D eigenvalue weighted by Gasteiger charge is 2.31. The summed E-state index contributed by atoms with van der Waals surface area (Å²) >= 11 is 0. The van der Waals surface area contributed by atoms with Gasteiger partial charge in [0.15, 0.2) is 0 Å². The van der Waals surface area contributed by atoms with E-state index in [4.69, 9.17) is 0 Å². The highest BCUT2D eigenvalue weighted by atomic mass is 19.4. The number of alkyl halides is 3. The summed E-state index contributed by atoms with van der Waals surface area (Å²) in [6, 6.07) is 4.82. The number of hydrogen-bond acceptors (Lipinski definition) is 4. The molecule has 0 amide bonds. The van der Waals surface area contributed by atoms with Crippen LogP contribution < -0.4 is 0 Å². The lowest BCUT2D eigenvalue weighted by atomic mass is 10.2. The maximum absolute atomic E-state index is 12.4. The molecule has 5 nitrogen and oxygen atoms in total. The number of Topliss-reactive ketones (excluding diaryl/α,β-unsaturated/α-hetero) is 1. The quantitative estimate of drug-likeness (QED) is 0.643. The van der Waals surface area contributed by atoms with Crippen molar-refractivity contribution in [2.75, 3.05) is 7.11 Å². The van der Waals surface area contributed by atoms with Gasteiger partial charge in [-0.3, -0.25) is 9.78 Å². The zero-order chi connectivity index (χ0) is 16.3. The van der Waals surface area contributed by atoms with Gasteiger partial charge in [0, 0.05) is 12.4 Å². The van der Waals surface area contributed by atoms with Crippen molar-refractivity contribution in [1.82, 2.24) is 9.55 Å². The zero-order valence-corrected chi connectivity index (χ0v) is 11.4. The Bertz CT molecular complexity index is 690. The van der Waals surface area contributed by atoms with Gasteiger partial charge >= 0.3 is 12.1 Å². The molecule has 0 spiro atoms. The van der Waals surface area contributed by atoms with E-state index in [9.17, 15) is 22.8 Å². The summed E-state index contributed by atoms with van der Waals surface area (Å²) in [5.41, 5.74) is -0.874. The van der Waals surface area contributed by atoms with Crippen LogP contribution in [0.15, 0.2) is 36.7 Å². The van der Waals surface area contributed by atoms with Crippen LogP contribution in [0.4, 0.5) is 13.2 Å².